The summed E-state index contributed by atoms with van der Waals surface area (Å²) in [6, 6.07) is 7.73. The number of benzene rings is 1. The minimum Gasteiger partial charge on any atom is -0.339 e. The largest absolute Gasteiger partial charge is 0.339 e. The molecule has 0 spiro atoms. The van der Waals surface area contributed by atoms with E-state index in [0.717, 1.165) is 29.2 Å². The van der Waals surface area contributed by atoms with Gasteiger partial charge in [-0.25, -0.2) is 0 Å². The number of halogens is 1. The van der Waals surface area contributed by atoms with Crippen molar-refractivity contribution in [2.75, 3.05) is 31.9 Å². The molecule has 124 valence electrons. The second-order valence-corrected chi connectivity index (χ2v) is 7.53. The summed E-state index contributed by atoms with van der Waals surface area (Å²) in [6.45, 7) is 2.68. The Balaban J connectivity index is 1.38. The molecule has 1 aromatic rings. The zero-order valence-corrected chi connectivity index (χ0v) is 14.6. The van der Waals surface area contributed by atoms with Gasteiger partial charge >= 0.3 is 0 Å². The Labute approximate surface area is 146 Å². The lowest BCUT2D eigenvalue weighted by Crippen LogP contribution is -2.51. The standard InChI is InChI=1S/C17H21ClN2O2S/c18-15-3-1-2-13(10-15)11-23-12-16(21)19-6-8-20(9-7-19)17(22)14-4-5-14/h1-3,10,14H,4-9,11-12H2. The Kier molecular flexibility index (Phi) is 5.49. The van der Waals surface area contributed by atoms with E-state index in [2.05, 4.69) is 0 Å². The van der Waals surface area contributed by atoms with Crippen molar-refractivity contribution in [2.24, 2.45) is 5.92 Å². The summed E-state index contributed by atoms with van der Waals surface area (Å²) in [6.07, 6.45) is 2.08. The van der Waals surface area contributed by atoms with Gasteiger partial charge in [0.15, 0.2) is 0 Å². The lowest BCUT2D eigenvalue weighted by atomic mass is 10.2. The minimum absolute atomic E-state index is 0.163. The topological polar surface area (TPSA) is 40.6 Å². The second kappa shape index (κ2) is 7.58. The quantitative estimate of drug-likeness (QED) is 0.818. The van der Waals surface area contributed by atoms with Crippen molar-refractivity contribution < 1.29 is 9.59 Å². The maximum absolute atomic E-state index is 12.3. The number of carbonyl (C=O) groups excluding carboxylic acids is 2. The van der Waals surface area contributed by atoms with Crippen molar-refractivity contribution in [3.8, 4) is 0 Å². The molecular formula is C17H21ClN2O2S. The van der Waals surface area contributed by atoms with E-state index in [1.807, 2.05) is 34.1 Å². The van der Waals surface area contributed by atoms with E-state index in [0.29, 0.717) is 31.9 Å². The number of nitrogens with zero attached hydrogens (tertiary/aromatic N) is 2. The van der Waals surface area contributed by atoms with E-state index in [4.69, 9.17) is 11.6 Å². The smallest absolute Gasteiger partial charge is 0.232 e. The first-order valence-corrected chi connectivity index (χ1v) is 9.55. The van der Waals surface area contributed by atoms with Crippen molar-refractivity contribution in [2.45, 2.75) is 18.6 Å². The van der Waals surface area contributed by atoms with Gasteiger partial charge in [0.25, 0.3) is 0 Å². The van der Waals surface area contributed by atoms with E-state index < -0.39 is 0 Å². The van der Waals surface area contributed by atoms with Crippen LogP contribution in [0.15, 0.2) is 24.3 Å². The van der Waals surface area contributed by atoms with Crippen LogP contribution in [0, 0.1) is 5.92 Å². The summed E-state index contributed by atoms with van der Waals surface area (Å²) in [5, 5.41) is 0.728. The van der Waals surface area contributed by atoms with Gasteiger partial charge in [0.05, 0.1) is 5.75 Å². The molecule has 0 radical (unpaired) electrons. The molecule has 3 rings (SSSR count). The predicted molar refractivity (Wildman–Crippen MR) is 93.5 cm³/mol. The van der Waals surface area contributed by atoms with E-state index >= 15 is 0 Å². The molecule has 0 aromatic heterocycles. The molecule has 1 heterocycles. The average Bonchev–Trinajstić information content (AvgIpc) is 3.39. The number of thioether (sulfide) groups is 1. The van der Waals surface area contributed by atoms with Gasteiger partial charge in [-0.1, -0.05) is 23.7 Å². The number of rotatable bonds is 5. The van der Waals surface area contributed by atoms with Gasteiger partial charge in [0.2, 0.25) is 11.8 Å². The Morgan fingerprint density at radius 3 is 2.48 bits per heavy atom. The van der Waals surface area contributed by atoms with Gasteiger partial charge < -0.3 is 9.80 Å². The van der Waals surface area contributed by atoms with Crippen LogP contribution in [-0.2, 0) is 15.3 Å². The third kappa shape index (κ3) is 4.64. The molecule has 1 saturated heterocycles. The summed E-state index contributed by atoms with van der Waals surface area (Å²) in [4.78, 5) is 28.0. The number of hydrogen-bond acceptors (Lipinski definition) is 3. The second-order valence-electron chi connectivity index (χ2n) is 6.10. The highest BCUT2D eigenvalue weighted by Gasteiger charge is 2.35. The van der Waals surface area contributed by atoms with E-state index in [-0.39, 0.29) is 17.7 Å². The summed E-state index contributed by atoms with van der Waals surface area (Å²) < 4.78 is 0. The molecule has 23 heavy (non-hydrogen) atoms. The minimum atomic E-state index is 0.163. The lowest BCUT2D eigenvalue weighted by Gasteiger charge is -2.35. The number of piperazine rings is 1. The van der Waals surface area contributed by atoms with Crippen LogP contribution in [0.2, 0.25) is 5.02 Å². The highest BCUT2D eigenvalue weighted by atomic mass is 35.5. The van der Waals surface area contributed by atoms with Crippen LogP contribution >= 0.6 is 23.4 Å². The normalized spacial score (nSPS) is 18.1. The Hall–Kier alpha value is -1.20. The molecule has 2 fully saturated rings. The molecule has 1 aromatic carbocycles. The number of amides is 2. The van der Waals surface area contributed by atoms with E-state index in [1.165, 1.54) is 0 Å². The summed E-state index contributed by atoms with van der Waals surface area (Å²) >= 11 is 7.57. The molecule has 0 atom stereocenters. The zero-order valence-electron chi connectivity index (χ0n) is 13.0. The van der Waals surface area contributed by atoms with Gasteiger partial charge in [-0.15, -0.1) is 11.8 Å². The molecule has 6 heteroatoms. The average molecular weight is 353 g/mol. The SMILES string of the molecule is O=C(CSCc1cccc(Cl)c1)N1CCN(C(=O)C2CC2)CC1. The number of hydrogen-bond donors (Lipinski definition) is 0. The van der Waals surface area contributed by atoms with Crippen LogP contribution in [0.25, 0.3) is 0 Å². The highest BCUT2D eigenvalue weighted by molar-refractivity contribution is 7.99. The van der Waals surface area contributed by atoms with Crippen LogP contribution in [0.4, 0.5) is 0 Å². The number of carbonyl (C=O) groups is 2. The molecule has 2 amide bonds. The summed E-state index contributed by atoms with van der Waals surface area (Å²) in [5.74, 6) is 1.98. The molecule has 2 aliphatic rings. The van der Waals surface area contributed by atoms with Crippen molar-refractivity contribution >= 4 is 35.2 Å². The Morgan fingerprint density at radius 2 is 1.83 bits per heavy atom. The Morgan fingerprint density at radius 1 is 1.13 bits per heavy atom. The monoisotopic (exact) mass is 352 g/mol. The summed E-state index contributed by atoms with van der Waals surface area (Å²) in [5.41, 5.74) is 1.13. The van der Waals surface area contributed by atoms with E-state index in [9.17, 15) is 9.59 Å². The van der Waals surface area contributed by atoms with Gasteiger partial charge in [-0.05, 0) is 30.5 Å². The third-order valence-corrected chi connectivity index (χ3v) is 5.48. The van der Waals surface area contributed by atoms with Crippen molar-refractivity contribution in [3.05, 3.63) is 34.9 Å². The fourth-order valence-corrected chi connectivity index (χ4v) is 3.83. The van der Waals surface area contributed by atoms with Crippen LogP contribution in [0.1, 0.15) is 18.4 Å². The maximum atomic E-state index is 12.3. The van der Waals surface area contributed by atoms with Crippen molar-refractivity contribution in [1.82, 2.24) is 9.80 Å². The zero-order chi connectivity index (χ0) is 16.2. The first kappa shape index (κ1) is 16.7. The molecule has 0 unspecified atom stereocenters. The van der Waals surface area contributed by atoms with Gasteiger partial charge in [0.1, 0.15) is 0 Å². The van der Waals surface area contributed by atoms with Crippen LogP contribution in [-0.4, -0.2) is 53.5 Å². The fourth-order valence-electron chi connectivity index (χ4n) is 2.74. The third-order valence-electron chi connectivity index (χ3n) is 4.25. The lowest BCUT2D eigenvalue weighted by molar-refractivity contribution is -0.139. The van der Waals surface area contributed by atoms with E-state index in [1.54, 1.807) is 11.8 Å². The van der Waals surface area contributed by atoms with Crippen LogP contribution in [0.5, 0.6) is 0 Å². The van der Waals surface area contributed by atoms with Gasteiger partial charge in [-0.2, -0.15) is 0 Å². The maximum Gasteiger partial charge on any atom is 0.232 e. The first-order valence-electron chi connectivity index (χ1n) is 8.02. The van der Waals surface area contributed by atoms with Crippen molar-refractivity contribution in [3.63, 3.8) is 0 Å². The molecule has 0 bridgehead atoms. The summed E-state index contributed by atoms with van der Waals surface area (Å²) in [7, 11) is 0. The fraction of sp³-hybridized carbons (Fsp3) is 0.529. The first-order chi connectivity index (χ1) is 11.1. The Bertz CT molecular complexity index is 584. The van der Waals surface area contributed by atoms with Gasteiger partial charge in [-0.3, -0.25) is 9.59 Å². The molecule has 0 N–H and O–H groups in total. The highest BCUT2D eigenvalue weighted by Crippen LogP contribution is 2.31. The molecule has 1 saturated carbocycles. The predicted octanol–water partition coefficient (Wildman–Crippen LogP) is 2.65. The molecule has 4 nitrogen and oxygen atoms in total. The molecule has 1 aliphatic carbocycles. The van der Waals surface area contributed by atoms with Crippen molar-refractivity contribution in [1.29, 1.82) is 0 Å². The van der Waals surface area contributed by atoms with Crippen LogP contribution in [0.3, 0.4) is 0 Å². The van der Waals surface area contributed by atoms with Gasteiger partial charge in [0, 0.05) is 42.9 Å². The molecular weight excluding hydrogens is 332 g/mol. The van der Waals surface area contributed by atoms with Crippen LogP contribution < -0.4 is 0 Å². The molecule has 1 aliphatic heterocycles.